The molecule has 0 heterocycles. The molecule has 0 aliphatic carbocycles. The summed E-state index contributed by atoms with van der Waals surface area (Å²) in [4.78, 5) is 0. The van der Waals surface area contributed by atoms with Crippen LogP contribution >= 0.6 is 23.2 Å². The fourth-order valence-electron chi connectivity index (χ4n) is 2.71. The van der Waals surface area contributed by atoms with Gasteiger partial charge in [0.1, 0.15) is 6.61 Å². The van der Waals surface area contributed by atoms with E-state index in [0.717, 1.165) is 16.8 Å². The van der Waals surface area contributed by atoms with Crippen molar-refractivity contribution in [3.63, 3.8) is 0 Å². The molecule has 0 atom stereocenters. The first kappa shape index (κ1) is 18.6. The Morgan fingerprint density at radius 3 is 2.23 bits per heavy atom. The van der Waals surface area contributed by atoms with Gasteiger partial charge in [0.15, 0.2) is 5.75 Å². The number of benzene rings is 3. The van der Waals surface area contributed by atoms with Crippen molar-refractivity contribution in [3.8, 4) is 5.75 Å². The van der Waals surface area contributed by atoms with Crippen molar-refractivity contribution < 1.29 is 4.74 Å². The zero-order valence-electron chi connectivity index (χ0n) is 14.9. The third-order valence-electron chi connectivity index (χ3n) is 4.16. The van der Waals surface area contributed by atoms with Crippen molar-refractivity contribution in [2.45, 2.75) is 27.0 Å². The van der Waals surface area contributed by atoms with Gasteiger partial charge in [-0.2, -0.15) is 0 Å². The Morgan fingerprint density at radius 1 is 0.846 bits per heavy atom. The fourth-order valence-corrected chi connectivity index (χ4v) is 3.35. The van der Waals surface area contributed by atoms with Crippen LogP contribution in [0.2, 0.25) is 10.0 Å². The maximum absolute atomic E-state index is 6.40. The Balaban J connectivity index is 1.69. The van der Waals surface area contributed by atoms with Crippen LogP contribution in [-0.2, 0) is 13.2 Å². The molecule has 0 saturated heterocycles. The zero-order valence-corrected chi connectivity index (χ0v) is 16.4. The van der Waals surface area contributed by atoms with Gasteiger partial charge in [0.25, 0.3) is 0 Å². The number of hydrogen-bond donors (Lipinski definition) is 1. The Morgan fingerprint density at radius 2 is 1.54 bits per heavy atom. The highest BCUT2D eigenvalue weighted by Crippen LogP contribution is 2.35. The molecular formula is C22H21Cl2NO. The molecule has 0 fully saturated rings. The van der Waals surface area contributed by atoms with E-state index in [1.807, 2.05) is 42.5 Å². The van der Waals surface area contributed by atoms with Crippen LogP contribution in [0.5, 0.6) is 5.75 Å². The van der Waals surface area contributed by atoms with Gasteiger partial charge < -0.3 is 10.1 Å². The van der Waals surface area contributed by atoms with Crippen molar-refractivity contribution in [3.05, 3.63) is 93.0 Å². The van der Waals surface area contributed by atoms with Crippen LogP contribution < -0.4 is 10.1 Å². The minimum absolute atomic E-state index is 0.431. The number of nitrogens with one attached hydrogen (secondary N) is 1. The van der Waals surface area contributed by atoms with Crippen LogP contribution in [0.15, 0.2) is 60.7 Å². The van der Waals surface area contributed by atoms with Crippen LogP contribution in [0.1, 0.15) is 22.3 Å². The molecule has 134 valence electrons. The molecule has 0 aromatic heterocycles. The van der Waals surface area contributed by atoms with Crippen LogP contribution in [0.25, 0.3) is 0 Å². The monoisotopic (exact) mass is 385 g/mol. The summed E-state index contributed by atoms with van der Waals surface area (Å²) in [6.07, 6.45) is 0. The maximum Gasteiger partial charge on any atom is 0.156 e. The van der Waals surface area contributed by atoms with E-state index in [2.05, 4.69) is 37.4 Å². The van der Waals surface area contributed by atoms with Gasteiger partial charge in [-0.25, -0.2) is 0 Å². The smallest absolute Gasteiger partial charge is 0.156 e. The lowest BCUT2D eigenvalue weighted by Gasteiger charge is -2.14. The maximum atomic E-state index is 6.40. The van der Waals surface area contributed by atoms with Crippen LogP contribution in [-0.4, -0.2) is 0 Å². The Labute approximate surface area is 164 Å². The summed E-state index contributed by atoms with van der Waals surface area (Å²) in [5, 5.41) is 4.48. The fraction of sp³-hybridized carbons (Fsp3) is 0.182. The molecule has 2 nitrogen and oxygen atoms in total. The van der Waals surface area contributed by atoms with Gasteiger partial charge >= 0.3 is 0 Å². The Kier molecular flexibility index (Phi) is 6.08. The molecule has 0 aliphatic rings. The van der Waals surface area contributed by atoms with Gasteiger partial charge in [0, 0.05) is 12.2 Å². The number of halogens is 2. The molecule has 0 bridgehead atoms. The van der Waals surface area contributed by atoms with E-state index in [1.165, 1.54) is 11.1 Å². The summed E-state index contributed by atoms with van der Waals surface area (Å²) in [6, 6.07) is 20.1. The molecule has 3 aromatic rings. The van der Waals surface area contributed by atoms with E-state index in [1.54, 1.807) is 0 Å². The second-order valence-corrected chi connectivity index (χ2v) is 7.15. The first-order valence-electron chi connectivity index (χ1n) is 8.48. The van der Waals surface area contributed by atoms with Gasteiger partial charge in [-0.15, -0.1) is 0 Å². The number of rotatable bonds is 6. The highest BCUT2D eigenvalue weighted by Gasteiger charge is 2.10. The summed E-state index contributed by atoms with van der Waals surface area (Å²) in [5.41, 5.74) is 5.62. The molecule has 0 spiro atoms. The van der Waals surface area contributed by atoms with Crippen molar-refractivity contribution in [2.24, 2.45) is 0 Å². The van der Waals surface area contributed by atoms with Crippen LogP contribution in [0.3, 0.4) is 0 Å². The first-order valence-corrected chi connectivity index (χ1v) is 9.24. The standard InChI is InChI=1S/C22H21Cl2NO/c1-15-8-9-16(2)21(10-15)25-13-18-11-19(23)22(20(24)12-18)26-14-17-6-4-3-5-7-17/h3-12,25H,13-14H2,1-2H3. The van der Waals surface area contributed by atoms with Gasteiger partial charge in [0.05, 0.1) is 10.0 Å². The SMILES string of the molecule is Cc1ccc(C)c(NCc2cc(Cl)c(OCc3ccccc3)c(Cl)c2)c1. The average molecular weight is 386 g/mol. The summed E-state index contributed by atoms with van der Waals surface area (Å²) >= 11 is 12.8. The van der Waals surface area contributed by atoms with Gasteiger partial charge in [-0.1, -0.05) is 65.7 Å². The minimum Gasteiger partial charge on any atom is -0.486 e. The molecule has 26 heavy (non-hydrogen) atoms. The van der Waals surface area contributed by atoms with E-state index >= 15 is 0 Å². The third-order valence-corrected chi connectivity index (χ3v) is 4.72. The molecule has 0 amide bonds. The molecule has 3 aromatic carbocycles. The van der Waals surface area contributed by atoms with Crippen molar-refractivity contribution in [1.29, 1.82) is 0 Å². The van der Waals surface area contributed by atoms with Gasteiger partial charge in [-0.05, 0) is 54.3 Å². The molecule has 3 rings (SSSR count). The molecule has 0 saturated carbocycles. The predicted octanol–water partition coefficient (Wildman–Crippen LogP) is 6.80. The topological polar surface area (TPSA) is 21.3 Å². The average Bonchev–Trinajstić information content (AvgIpc) is 2.62. The van der Waals surface area contributed by atoms with Gasteiger partial charge in [-0.3, -0.25) is 0 Å². The highest BCUT2D eigenvalue weighted by molar-refractivity contribution is 6.37. The van der Waals surface area contributed by atoms with Crippen molar-refractivity contribution in [2.75, 3.05) is 5.32 Å². The Hall–Kier alpha value is -2.16. The van der Waals surface area contributed by atoms with Gasteiger partial charge in [0.2, 0.25) is 0 Å². The number of anilines is 1. The molecule has 0 unspecified atom stereocenters. The number of ether oxygens (including phenoxy) is 1. The summed E-state index contributed by atoms with van der Waals surface area (Å²) < 4.78 is 5.82. The largest absolute Gasteiger partial charge is 0.486 e. The summed E-state index contributed by atoms with van der Waals surface area (Å²) in [6.45, 7) is 5.24. The van der Waals surface area contributed by atoms with E-state index in [-0.39, 0.29) is 0 Å². The lowest BCUT2D eigenvalue weighted by molar-refractivity contribution is 0.306. The van der Waals surface area contributed by atoms with E-state index in [4.69, 9.17) is 27.9 Å². The van der Waals surface area contributed by atoms with E-state index in [9.17, 15) is 0 Å². The molecule has 1 N–H and O–H groups in total. The first-order chi connectivity index (χ1) is 12.5. The zero-order chi connectivity index (χ0) is 18.5. The number of hydrogen-bond acceptors (Lipinski definition) is 2. The second-order valence-electron chi connectivity index (χ2n) is 6.33. The van der Waals surface area contributed by atoms with Crippen molar-refractivity contribution in [1.82, 2.24) is 0 Å². The van der Waals surface area contributed by atoms with Crippen molar-refractivity contribution >= 4 is 28.9 Å². The van der Waals surface area contributed by atoms with E-state index in [0.29, 0.717) is 28.9 Å². The molecule has 0 aliphatic heterocycles. The van der Waals surface area contributed by atoms with Crippen LogP contribution in [0, 0.1) is 13.8 Å². The minimum atomic E-state index is 0.431. The quantitative estimate of drug-likeness (QED) is 0.503. The number of aryl methyl sites for hydroxylation is 2. The normalized spacial score (nSPS) is 10.6. The highest BCUT2D eigenvalue weighted by atomic mass is 35.5. The third kappa shape index (κ3) is 4.72. The molecule has 0 radical (unpaired) electrons. The van der Waals surface area contributed by atoms with E-state index < -0.39 is 0 Å². The molecule has 4 heteroatoms. The molecular weight excluding hydrogens is 365 g/mol. The lowest BCUT2D eigenvalue weighted by Crippen LogP contribution is -2.02. The predicted molar refractivity (Wildman–Crippen MR) is 110 cm³/mol. The van der Waals surface area contributed by atoms with Crippen LogP contribution in [0.4, 0.5) is 5.69 Å². The second kappa shape index (κ2) is 8.48. The summed E-state index contributed by atoms with van der Waals surface area (Å²) in [7, 11) is 0. The lowest BCUT2D eigenvalue weighted by atomic mass is 10.1. The summed E-state index contributed by atoms with van der Waals surface area (Å²) in [5.74, 6) is 0.521. The Bertz CT molecular complexity index is 871.